The first kappa shape index (κ1) is 4.37. The minimum Gasteiger partial charge on any atom is -0.0731 e. The molecule has 0 spiro atoms. The molecule has 41 valence electrons. The van der Waals surface area contributed by atoms with Crippen molar-refractivity contribution in [2.24, 2.45) is 0 Å². The van der Waals surface area contributed by atoms with Crippen LogP contribution in [0.5, 0.6) is 0 Å². The Balaban J connectivity index is 2.29. The zero-order valence-electron chi connectivity index (χ0n) is 4.85. The number of fused-ring (bicyclic) bond motifs is 1. The lowest BCUT2D eigenvalue weighted by Crippen LogP contribution is -1.80. The van der Waals surface area contributed by atoms with E-state index in [1.54, 1.807) is 11.5 Å². The van der Waals surface area contributed by atoms with Crippen LogP contribution in [0.15, 0.2) is 23.8 Å². The highest BCUT2D eigenvalue weighted by atomic mass is 14.2. The molecule has 0 nitrogen and oxygen atoms in total. The molecule has 0 amide bonds. The molecule has 0 aromatic rings. The van der Waals surface area contributed by atoms with Gasteiger partial charge in [-0.2, -0.15) is 0 Å². The van der Waals surface area contributed by atoms with Gasteiger partial charge in [0, 0.05) is 5.92 Å². The minimum absolute atomic E-state index is 1.32. The predicted octanol–water partition coefficient (Wildman–Crippen LogP) is 2.24. The molecule has 2 aliphatic carbocycles. The minimum atomic E-state index is 1.32. The van der Waals surface area contributed by atoms with Gasteiger partial charge in [0.15, 0.2) is 0 Å². The molecule has 0 unspecified atom stereocenters. The van der Waals surface area contributed by atoms with Gasteiger partial charge in [-0.3, -0.25) is 0 Å². The summed E-state index contributed by atoms with van der Waals surface area (Å²) in [4.78, 5) is 0. The summed E-state index contributed by atoms with van der Waals surface area (Å²) in [6.07, 6.45) is 10.7. The van der Waals surface area contributed by atoms with E-state index >= 15 is 0 Å². The van der Waals surface area contributed by atoms with Gasteiger partial charge < -0.3 is 0 Å². The van der Waals surface area contributed by atoms with Crippen molar-refractivity contribution < 1.29 is 0 Å². The van der Waals surface area contributed by atoms with E-state index in [1.807, 2.05) is 0 Å². The standard InChI is InChI=1S/C8H9/c1-3-7-5-2-6-8(7)4-1/h1,3-4H,2,5-6H2. The molecule has 2 aliphatic rings. The average molecular weight is 105 g/mol. The molecule has 1 radical (unpaired) electrons. The maximum atomic E-state index is 2.24. The normalized spacial score (nSPS) is 26.2. The van der Waals surface area contributed by atoms with Crippen molar-refractivity contribution >= 4 is 0 Å². The summed E-state index contributed by atoms with van der Waals surface area (Å²) in [6, 6.07) is 0. The van der Waals surface area contributed by atoms with E-state index in [-0.39, 0.29) is 0 Å². The second kappa shape index (κ2) is 1.48. The van der Waals surface area contributed by atoms with Gasteiger partial charge in [0.2, 0.25) is 0 Å². The smallest absolute Gasteiger partial charge is 0.0226 e. The quantitative estimate of drug-likeness (QED) is 0.443. The molecule has 0 heteroatoms. The summed E-state index contributed by atoms with van der Waals surface area (Å²) in [7, 11) is 0. The van der Waals surface area contributed by atoms with E-state index in [0.717, 1.165) is 0 Å². The van der Waals surface area contributed by atoms with Crippen LogP contribution in [-0.4, -0.2) is 0 Å². The molecular weight excluding hydrogens is 96.1 g/mol. The Bertz CT molecular complexity index is 151. The topological polar surface area (TPSA) is 0 Å². The third-order valence-electron chi connectivity index (χ3n) is 1.90. The average Bonchev–Trinajstić information content (AvgIpc) is 2.15. The molecule has 0 aromatic heterocycles. The summed E-state index contributed by atoms with van der Waals surface area (Å²) in [6.45, 7) is 0. The van der Waals surface area contributed by atoms with Crippen LogP contribution in [0.3, 0.4) is 0 Å². The van der Waals surface area contributed by atoms with Crippen LogP contribution in [0.4, 0.5) is 0 Å². The molecule has 1 fully saturated rings. The van der Waals surface area contributed by atoms with Gasteiger partial charge in [-0.1, -0.05) is 23.8 Å². The first-order chi connectivity index (χ1) is 3.97. The Morgan fingerprint density at radius 2 is 2.25 bits per heavy atom. The van der Waals surface area contributed by atoms with Gasteiger partial charge in [-0.05, 0) is 19.3 Å². The Morgan fingerprint density at radius 3 is 3.12 bits per heavy atom. The highest BCUT2D eigenvalue weighted by Gasteiger charge is 2.20. The zero-order chi connectivity index (χ0) is 5.40. The lowest BCUT2D eigenvalue weighted by molar-refractivity contribution is 0.913. The van der Waals surface area contributed by atoms with Gasteiger partial charge in [-0.25, -0.2) is 0 Å². The molecule has 0 aromatic carbocycles. The second-order valence-corrected chi connectivity index (χ2v) is 2.43. The van der Waals surface area contributed by atoms with Crippen molar-refractivity contribution in [2.45, 2.75) is 19.3 Å². The van der Waals surface area contributed by atoms with Crippen LogP contribution in [0.1, 0.15) is 19.3 Å². The van der Waals surface area contributed by atoms with Crippen LogP contribution in [-0.2, 0) is 0 Å². The van der Waals surface area contributed by atoms with Gasteiger partial charge >= 0.3 is 0 Å². The maximum absolute atomic E-state index is 2.24. The van der Waals surface area contributed by atoms with Crippen molar-refractivity contribution in [3.8, 4) is 0 Å². The molecule has 0 N–H and O–H groups in total. The number of allylic oxidation sites excluding steroid dienone is 4. The van der Waals surface area contributed by atoms with E-state index in [4.69, 9.17) is 0 Å². The van der Waals surface area contributed by atoms with E-state index in [0.29, 0.717) is 0 Å². The molecule has 2 rings (SSSR count). The molecule has 0 bridgehead atoms. The van der Waals surface area contributed by atoms with Gasteiger partial charge in [0.1, 0.15) is 0 Å². The summed E-state index contributed by atoms with van der Waals surface area (Å²) in [5, 5.41) is 0. The number of hydrogen-bond donors (Lipinski definition) is 0. The third kappa shape index (κ3) is 0.459. The van der Waals surface area contributed by atoms with Gasteiger partial charge in [0.05, 0.1) is 0 Å². The fraction of sp³-hybridized carbons (Fsp3) is 0.375. The summed E-state index contributed by atoms with van der Waals surface area (Å²) >= 11 is 0. The van der Waals surface area contributed by atoms with Crippen molar-refractivity contribution in [3.63, 3.8) is 0 Å². The van der Waals surface area contributed by atoms with Crippen LogP contribution in [0, 0.1) is 5.92 Å². The number of rotatable bonds is 0. The summed E-state index contributed by atoms with van der Waals surface area (Å²) in [5.74, 6) is 1.59. The molecule has 0 heterocycles. The van der Waals surface area contributed by atoms with Crippen molar-refractivity contribution in [3.05, 3.63) is 29.7 Å². The molecule has 1 saturated carbocycles. The van der Waals surface area contributed by atoms with Crippen LogP contribution < -0.4 is 0 Å². The van der Waals surface area contributed by atoms with Crippen LogP contribution >= 0.6 is 0 Å². The zero-order valence-corrected chi connectivity index (χ0v) is 4.85. The first-order valence-corrected chi connectivity index (χ1v) is 3.20. The molecule has 0 atom stereocenters. The molecule has 8 heavy (non-hydrogen) atoms. The third-order valence-corrected chi connectivity index (χ3v) is 1.90. The summed E-state index contributed by atoms with van der Waals surface area (Å²) < 4.78 is 0. The van der Waals surface area contributed by atoms with Gasteiger partial charge in [-0.15, -0.1) is 0 Å². The fourth-order valence-corrected chi connectivity index (χ4v) is 1.45. The van der Waals surface area contributed by atoms with Crippen molar-refractivity contribution in [1.82, 2.24) is 0 Å². The largest absolute Gasteiger partial charge is 0.0731 e. The first-order valence-electron chi connectivity index (χ1n) is 3.20. The molecule has 0 aliphatic heterocycles. The Morgan fingerprint density at radius 1 is 1.25 bits per heavy atom. The van der Waals surface area contributed by atoms with Crippen LogP contribution in [0.2, 0.25) is 0 Å². The van der Waals surface area contributed by atoms with E-state index < -0.39 is 0 Å². The Hall–Kier alpha value is -0.520. The molecule has 0 saturated heterocycles. The van der Waals surface area contributed by atoms with Gasteiger partial charge in [0.25, 0.3) is 0 Å². The lowest BCUT2D eigenvalue weighted by atomic mass is 10.1. The van der Waals surface area contributed by atoms with E-state index in [2.05, 4.69) is 18.2 Å². The summed E-state index contributed by atoms with van der Waals surface area (Å²) in [5.41, 5.74) is 1.59. The Kier molecular flexibility index (Phi) is 0.806. The Labute approximate surface area is 49.9 Å². The van der Waals surface area contributed by atoms with Crippen molar-refractivity contribution in [1.29, 1.82) is 0 Å². The highest BCUT2D eigenvalue weighted by Crippen LogP contribution is 2.36. The maximum Gasteiger partial charge on any atom is 0.0226 e. The van der Waals surface area contributed by atoms with E-state index in [1.165, 1.54) is 19.3 Å². The van der Waals surface area contributed by atoms with Crippen molar-refractivity contribution in [2.75, 3.05) is 0 Å². The van der Waals surface area contributed by atoms with Crippen LogP contribution in [0.25, 0.3) is 0 Å². The fourth-order valence-electron chi connectivity index (χ4n) is 1.45. The monoisotopic (exact) mass is 105 g/mol. The lowest BCUT2D eigenvalue weighted by Gasteiger charge is -1.95. The highest BCUT2D eigenvalue weighted by molar-refractivity contribution is 5.45. The molecular formula is C8H9. The number of hydrogen-bond acceptors (Lipinski definition) is 0. The van der Waals surface area contributed by atoms with E-state index in [9.17, 15) is 0 Å². The second-order valence-electron chi connectivity index (χ2n) is 2.43. The SMILES string of the molecule is C1=C[C]2CCCC2=C1. The predicted molar refractivity (Wildman–Crippen MR) is 34.3 cm³/mol.